The second-order valence-corrected chi connectivity index (χ2v) is 6.09. The largest absolute Gasteiger partial charge is 0.494 e. The molecule has 1 aromatic carbocycles. The maximum Gasteiger partial charge on any atom is 0.331 e. The van der Waals surface area contributed by atoms with Gasteiger partial charge in [-0.3, -0.25) is 4.84 Å². The number of sulfonamides is 1. The summed E-state index contributed by atoms with van der Waals surface area (Å²) in [7, 11) is -2.84. The van der Waals surface area contributed by atoms with Gasteiger partial charge in [0.2, 0.25) is 0 Å². The number of rotatable bonds is 6. The molecule has 19 heavy (non-hydrogen) atoms. The number of methoxy groups -OCH3 is 1. The lowest BCUT2D eigenvalue weighted by Gasteiger charge is -2.12. The molecule has 0 bridgehead atoms. The molecule has 0 fully saturated rings. The molecule has 10 heteroatoms. The molecule has 1 rings (SSSR count). The molecule has 0 aliphatic carbocycles. The third-order valence-electron chi connectivity index (χ3n) is 1.83. The number of ether oxygens (including phenoxy) is 1. The summed E-state index contributed by atoms with van der Waals surface area (Å²) >= 11 is 8.86. The van der Waals surface area contributed by atoms with E-state index < -0.39 is 22.6 Å². The molecule has 0 aromatic heterocycles. The van der Waals surface area contributed by atoms with E-state index in [1.54, 1.807) is 4.89 Å². The van der Waals surface area contributed by atoms with Crippen molar-refractivity contribution in [2.45, 2.75) is 4.90 Å². The lowest BCUT2D eigenvalue weighted by molar-refractivity contribution is -0.143. The first-order valence-electron chi connectivity index (χ1n) is 4.66. The van der Waals surface area contributed by atoms with E-state index in [0.29, 0.717) is 4.47 Å². The molecule has 0 saturated carbocycles. The maximum absolute atomic E-state index is 11.9. The zero-order valence-electron chi connectivity index (χ0n) is 9.51. The Morgan fingerprint density at radius 2 is 2.16 bits per heavy atom. The van der Waals surface area contributed by atoms with Crippen LogP contribution >= 0.6 is 27.5 Å². The van der Waals surface area contributed by atoms with Crippen LogP contribution in [0, 0.1) is 0 Å². The van der Waals surface area contributed by atoms with Crippen LogP contribution in [0.4, 0.5) is 0 Å². The lowest BCUT2D eigenvalue weighted by Crippen LogP contribution is -2.27. The zero-order valence-corrected chi connectivity index (χ0v) is 12.7. The molecule has 7 nitrogen and oxygen atoms in total. The second-order valence-electron chi connectivity index (χ2n) is 3.19. The SMILES string of the molecule is COc1c(Br)cc(Cl)cc1S(=O)(=O)NOCC(=O)O. The van der Waals surface area contributed by atoms with Gasteiger partial charge >= 0.3 is 5.97 Å². The normalized spacial score (nSPS) is 11.3. The number of nitrogens with one attached hydrogen (secondary N) is 1. The molecule has 0 radical (unpaired) electrons. The van der Waals surface area contributed by atoms with E-state index in [1.807, 2.05) is 0 Å². The Balaban J connectivity index is 3.10. The average molecular weight is 375 g/mol. The number of hydrogen-bond donors (Lipinski definition) is 2. The molecule has 0 heterocycles. The highest BCUT2D eigenvalue weighted by Gasteiger charge is 2.23. The topological polar surface area (TPSA) is 102 Å². The van der Waals surface area contributed by atoms with Crippen LogP contribution < -0.4 is 9.62 Å². The highest BCUT2D eigenvalue weighted by atomic mass is 79.9. The first kappa shape index (κ1) is 16.2. The number of benzene rings is 1. The molecule has 0 saturated heterocycles. The van der Waals surface area contributed by atoms with Crippen molar-refractivity contribution in [2.24, 2.45) is 0 Å². The van der Waals surface area contributed by atoms with Crippen molar-refractivity contribution < 1.29 is 27.9 Å². The molecule has 106 valence electrons. The Morgan fingerprint density at radius 3 is 2.68 bits per heavy atom. The number of carboxylic acids is 1. The van der Waals surface area contributed by atoms with E-state index in [4.69, 9.17) is 21.4 Å². The Kier molecular flexibility index (Phi) is 5.56. The van der Waals surface area contributed by atoms with E-state index in [-0.39, 0.29) is 15.7 Å². The molecule has 2 N–H and O–H groups in total. The van der Waals surface area contributed by atoms with Crippen molar-refractivity contribution in [3.8, 4) is 5.75 Å². The first-order chi connectivity index (χ1) is 8.77. The number of carboxylic acid groups (broad SMARTS) is 1. The first-order valence-corrected chi connectivity index (χ1v) is 7.31. The van der Waals surface area contributed by atoms with Crippen molar-refractivity contribution in [3.63, 3.8) is 0 Å². The third kappa shape index (κ3) is 4.32. The summed E-state index contributed by atoms with van der Waals surface area (Å²) in [6, 6.07) is 2.61. The van der Waals surface area contributed by atoms with Gasteiger partial charge in [0, 0.05) is 5.02 Å². The van der Waals surface area contributed by atoms with E-state index in [2.05, 4.69) is 20.8 Å². The minimum atomic E-state index is -4.12. The summed E-state index contributed by atoms with van der Waals surface area (Å²) in [5.41, 5.74) is 0. The Hall–Kier alpha value is -0.870. The zero-order chi connectivity index (χ0) is 14.6. The second kappa shape index (κ2) is 6.53. The number of hydrogen-bond acceptors (Lipinski definition) is 5. The van der Waals surface area contributed by atoms with Gasteiger partial charge in [0.15, 0.2) is 12.4 Å². The molecular weight excluding hydrogens is 366 g/mol. The lowest BCUT2D eigenvalue weighted by atomic mass is 10.3. The smallest absolute Gasteiger partial charge is 0.331 e. The monoisotopic (exact) mass is 373 g/mol. The summed E-state index contributed by atoms with van der Waals surface area (Å²) < 4.78 is 29.1. The van der Waals surface area contributed by atoms with Crippen molar-refractivity contribution in [1.29, 1.82) is 0 Å². The summed E-state index contributed by atoms with van der Waals surface area (Å²) in [6.07, 6.45) is 0. The Morgan fingerprint density at radius 1 is 1.53 bits per heavy atom. The fourth-order valence-electron chi connectivity index (χ4n) is 1.15. The summed E-state index contributed by atoms with van der Waals surface area (Å²) in [5.74, 6) is -1.29. The molecule has 0 amide bonds. The number of halogens is 2. The van der Waals surface area contributed by atoms with Gasteiger partial charge in [-0.05, 0) is 28.1 Å². The van der Waals surface area contributed by atoms with E-state index in [9.17, 15) is 13.2 Å². The van der Waals surface area contributed by atoms with Crippen LogP contribution in [0.2, 0.25) is 5.02 Å². The predicted molar refractivity (Wildman–Crippen MR) is 69.6 cm³/mol. The molecule has 0 unspecified atom stereocenters. The van der Waals surface area contributed by atoms with Gasteiger partial charge in [0.05, 0.1) is 11.6 Å². The quantitative estimate of drug-likeness (QED) is 0.730. The molecule has 0 aliphatic heterocycles. The summed E-state index contributed by atoms with van der Waals surface area (Å²) in [6.45, 7) is -0.816. The fraction of sp³-hybridized carbons (Fsp3) is 0.222. The van der Waals surface area contributed by atoms with Gasteiger partial charge in [0.25, 0.3) is 10.0 Å². The van der Waals surface area contributed by atoms with E-state index in [1.165, 1.54) is 13.2 Å². The Labute approximate surface area is 122 Å². The van der Waals surface area contributed by atoms with Crippen LogP contribution in [0.25, 0.3) is 0 Å². The van der Waals surface area contributed by atoms with Crippen LogP contribution in [-0.4, -0.2) is 33.2 Å². The third-order valence-corrected chi connectivity index (χ3v) is 3.86. The van der Waals surface area contributed by atoms with Crippen LogP contribution in [0.15, 0.2) is 21.5 Å². The fourth-order valence-corrected chi connectivity index (χ4v) is 3.34. The minimum absolute atomic E-state index is 0.0239. The van der Waals surface area contributed by atoms with E-state index >= 15 is 0 Å². The van der Waals surface area contributed by atoms with Gasteiger partial charge in [0.1, 0.15) is 4.90 Å². The molecule has 0 atom stereocenters. The van der Waals surface area contributed by atoms with Gasteiger partial charge in [-0.15, -0.1) is 0 Å². The van der Waals surface area contributed by atoms with Crippen molar-refractivity contribution in [3.05, 3.63) is 21.6 Å². The standard InChI is InChI=1S/C9H9BrClNO6S/c1-17-9-6(10)2-5(11)3-7(9)19(15,16)12-18-4-8(13)14/h2-3,12H,4H2,1H3,(H,13,14). The highest BCUT2D eigenvalue weighted by Crippen LogP contribution is 2.35. The van der Waals surface area contributed by atoms with Crippen molar-refractivity contribution in [1.82, 2.24) is 4.89 Å². The van der Waals surface area contributed by atoms with Gasteiger partial charge in [-0.1, -0.05) is 16.5 Å². The summed E-state index contributed by atoms with van der Waals surface area (Å²) in [5, 5.41) is 8.52. The average Bonchev–Trinajstić information content (AvgIpc) is 2.27. The van der Waals surface area contributed by atoms with Gasteiger partial charge in [-0.25, -0.2) is 13.2 Å². The molecule has 0 spiro atoms. The van der Waals surface area contributed by atoms with Crippen LogP contribution in [0.1, 0.15) is 0 Å². The number of aliphatic carboxylic acids is 1. The molecular formula is C9H9BrClNO6S. The van der Waals surface area contributed by atoms with Crippen LogP contribution in [0.3, 0.4) is 0 Å². The number of carbonyl (C=O) groups is 1. The van der Waals surface area contributed by atoms with E-state index in [0.717, 1.165) is 6.07 Å². The van der Waals surface area contributed by atoms with Crippen LogP contribution in [0.5, 0.6) is 5.75 Å². The van der Waals surface area contributed by atoms with Crippen LogP contribution in [-0.2, 0) is 19.7 Å². The van der Waals surface area contributed by atoms with Gasteiger partial charge in [-0.2, -0.15) is 0 Å². The maximum atomic E-state index is 11.9. The van der Waals surface area contributed by atoms with Crippen molar-refractivity contribution >= 4 is 43.5 Å². The highest BCUT2D eigenvalue weighted by molar-refractivity contribution is 9.10. The molecule has 1 aromatic rings. The minimum Gasteiger partial charge on any atom is -0.494 e. The van der Waals surface area contributed by atoms with Crippen molar-refractivity contribution in [2.75, 3.05) is 13.7 Å². The molecule has 0 aliphatic rings. The summed E-state index contributed by atoms with van der Waals surface area (Å²) in [4.78, 5) is 16.0. The Bertz CT molecular complexity index is 591. The van der Waals surface area contributed by atoms with Gasteiger partial charge < -0.3 is 9.84 Å². The predicted octanol–water partition coefficient (Wildman–Crippen LogP) is 1.41.